The molecule has 1 N–H and O–H groups in total. The first kappa shape index (κ1) is 10.8. The fraction of sp³-hybridized carbons (Fsp3) is 1.00. The Morgan fingerprint density at radius 1 is 1.27 bits per heavy atom. The molecule has 0 aromatic carbocycles. The third kappa shape index (κ3) is 1.89. The summed E-state index contributed by atoms with van der Waals surface area (Å²) in [6.45, 7) is 6.41. The predicted molar refractivity (Wildman–Crippen MR) is 40.7 cm³/mol. The average molecular weight is 166 g/mol. The fourth-order valence-electron chi connectivity index (χ4n) is 1.01. The topological polar surface area (TPSA) is 20.2 Å². The number of aliphatic hydroxyl groups is 1. The Bertz CT molecular complexity index is 129. The van der Waals surface area contributed by atoms with Crippen molar-refractivity contribution in [2.24, 2.45) is 5.41 Å². The average Bonchev–Trinajstić information content (AvgIpc) is 1.83. The maximum absolute atomic E-state index is 12.3. The zero-order valence-electron chi connectivity index (χ0n) is 7.49. The van der Waals surface area contributed by atoms with E-state index in [-0.39, 0.29) is 6.42 Å². The molecular formula is C8H16F2O. The summed E-state index contributed by atoms with van der Waals surface area (Å²) in [5, 5.41) is 9.48. The van der Waals surface area contributed by atoms with Gasteiger partial charge in [0.05, 0.1) is 0 Å². The van der Waals surface area contributed by atoms with Gasteiger partial charge in [-0.15, -0.1) is 0 Å². The van der Waals surface area contributed by atoms with Gasteiger partial charge in [-0.2, -0.15) is 0 Å². The number of hydrogen-bond acceptors (Lipinski definition) is 1. The SMILES string of the molecule is CCC(O)(C(F)F)C(C)(C)C. The molecule has 1 atom stereocenters. The van der Waals surface area contributed by atoms with Crippen LogP contribution in [0.15, 0.2) is 0 Å². The van der Waals surface area contributed by atoms with Crippen LogP contribution in [-0.4, -0.2) is 17.1 Å². The molecule has 1 nitrogen and oxygen atoms in total. The highest BCUT2D eigenvalue weighted by Gasteiger charge is 2.46. The Balaban J connectivity index is 4.61. The molecule has 0 bridgehead atoms. The molecule has 11 heavy (non-hydrogen) atoms. The predicted octanol–water partition coefficient (Wildman–Crippen LogP) is 2.44. The van der Waals surface area contributed by atoms with E-state index in [0.717, 1.165) is 0 Å². The van der Waals surface area contributed by atoms with Crippen molar-refractivity contribution < 1.29 is 13.9 Å². The summed E-state index contributed by atoms with van der Waals surface area (Å²) in [5.41, 5.74) is -2.62. The maximum Gasteiger partial charge on any atom is 0.267 e. The summed E-state index contributed by atoms with van der Waals surface area (Å²) in [7, 11) is 0. The van der Waals surface area contributed by atoms with E-state index in [1.54, 1.807) is 27.7 Å². The summed E-state index contributed by atoms with van der Waals surface area (Å²) in [4.78, 5) is 0. The second-order valence-corrected chi connectivity index (χ2v) is 3.83. The molecule has 0 aromatic heterocycles. The van der Waals surface area contributed by atoms with Crippen LogP contribution in [-0.2, 0) is 0 Å². The van der Waals surface area contributed by atoms with Gasteiger partial charge in [0.2, 0.25) is 0 Å². The van der Waals surface area contributed by atoms with Crippen LogP contribution in [0.2, 0.25) is 0 Å². The van der Waals surface area contributed by atoms with Crippen molar-refractivity contribution in [1.82, 2.24) is 0 Å². The van der Waals surface area contributed by atoms with Gasteiger partial charge in [-0.25, -0.2) is 8.78 Å². The van der Waals surface area contributed by atoms with E-state index in [4.69, 9.17) is 0 Å². The van der Waals surface area contributed by atoms with Gasteiger partial charge in [-0.3, -0.25) is 0 Å². The van der Waals surface area contributed by atoms with Crippen LogP contribution >= 0.6 is 0 Å². The summed E-state index contributed by atoms with van der Waals surface area (Å²) in [6, 6.07) is 0. The van der Waals surface area contributed by atoms with Crippen molar-refractivity contribution >= 4 is 0 Å². The van der Waals surface area contributed by atoms with E-state index in [1.165, 1.54) is 0 Å². The first-order valence-electron chi connectivity index (χ1n) is 3.76. The summed E-state index contributed by atoms with van der Waals surface area (Å²) in [5.74, 6) is 0. The van der Waals surface area contributed by atoms with Crippen LogP contribution in [0.25, 0.3) is 0 Å². The second kappa shape index (κ2) is 3.05. The smallest absolute Gasteiger partial charge is 0.267 e. The van der Waals surface area contributed by atoms with Crippen molar-refractivity contribution in [3.8, 4) is 0 Å². The third-order valence-electron chi connectivity index (χ3n) is 2.20. The van der Waals surface area contributed by atoms with Gasteiger partial charge < -0.3 is 5.11 Å². The molecule has 3 heteroatoms. The Hall–Kier alpha value is -0.180. The molecular weight excluding hydrogens is 150 g/mol. The zero-order valence-corrected chi connectivity index (χ0v) is 7.49. The lowest BCUT2D eigenvalue weighted by atomic mass is 9.75. The van der Waals surface area contributed by atoms with Crippen molar-refractivity contribution in [1.29, 1.82) is 0 Å². The molecule has 0 heterocycles. The van der Waals surface area contributed by atoms with E-state index < -0.39 is 17.4 Å². The highest BCUT2D eigenvalue weighted by molar-refractivity contribution is 4.91. The highest BCUT2D eigenvalue weighted by Crippen LogP contribution is 2.37. The largest absolute Gasteiger partial charge is 0.383 e. The number of halogens is 2. The third-order valence-corrected chi connectivity index (χ3v) is 2.20. The molecule has 0 saturated heterocycles. The monoisotopic (exact) mass is 166 g/mol. The second-order valence-electron chi connectivity index (χ2n) is 3.83. The molecule has 0 aliphatic heterocycles. The van der Waals surface area contributed by atoms with Gasteiger partial charge in [0, 0.05) is 0 Å². The van der Waals surface area contributed by atoms with Crippen molar-refractivity contribution in [3.05, 3.63) is 0 Å². The van der Waals surface area contributed by atoms with Crippen molar-refractivity contribution in [3.63, 3.8) is 0 Å². The molecule has 0 fully saturated rings. The Labute approximate surface area is 66.4 Å². The minimum absolute atomic E-state index is 0.0775. The van der Waals surface area contributed by atoms with Crippen LogP contribution < -0.4 is 0 Å². The highest BCUT2D eigenvalue weighted by atomic mass is 19.3. The molecule has 1 unspecified atom stereocenters. The zero-order chi connectivity index (χ0) is 9.28. The van der Waals surface area contributed by atoms with Crippen LogP contribution in [0.5, 0.6) is 0 Å². The van der Waals surface area contributed by atoms with Crippen LogP contribution in [0.1, 0.15) is 34.1 Å². The summed E-state index contributed by atoms with van der Waals surface area (Å²) < 4.78 is 24.7. The van der Waals surface area contributed by atoms with Crippen LogP contribution in [0.3, 0.4) is 0 Å². The van der Waals surface area contributed by atoms with E-state index in [0.29, 0.717) is 0 Å². The summed E-state index contributed by atoms with van der Waals surface area (Å²) >= 11 is 0. The summed E-state index contributed by atoms with van der Waals surface area (Å²) in [6.07, 6.45) is -2.60. The fourth-order valence-corrected chi connectivity index (χ4v) is 1.01. The van der Waals surface area contributed by atoms with E-state index in [1.807, 2.05) is 0 Å². The Morgan fingerprint density at radius 2 is 1.64 bits per heavy atom. The normalized spacial score (nSPS) is 18.5. The molecule has 0 radical (unpaired) electrons. The standard InChI is InChI=1S/C8H16F2O/c1-5-8(11,6(9)10)7(2,3)4/h6,11H,5H2,1-4H3. The first-order valence-corrected chi connectivity index (χ1v) is 3.76. The minimum atomic E-state index is -2.67. The lowest BCUT2D eigenvalue weighted by Gasteiger charge is -2.38. The minimum Gasteiger partial charge on any atom is -0.383 e. The van der Waals surface area contributed by atoms with Crippen LogP contribution in [0, 0.1) is 5.41 Å². The molecule has 0 aromatic rings. The van der Waals surface area contributed by atoms with Crippen molar-refractivity contribution in [2.75, 3.05) is 0 Å². The van der Waals surface area contributed by atoms with E-state index >= 15 is 0 Å². The Morgan fingerprint density at radius 3 is 1.64 bits per heavy atom. The lowest BCUT2D eigenvalue weighted by molar-refractivity contribution is -0.160. The van der Waals surface area contributed by atoms with E-state index in [2.05, 4.69) is 0 Å². The van der Waals surface area contributed by atoms with Crippen molar-refractivity contribution in [2.45, 2.75) is 46.1 Å². The molecule has 0 amide bonds. The maximum atomic E-state index is 12.3. The van der Waals surface area contributed by atoms with Gasteiger partial charge in [0.1, 0.15) is 5.60 Å². The van der Waals surface area contributed by atoms with Crippen LogP contribution in [0.4, 0.5) is 8.78 Å². The first-order chi connectivity index (χ1) is 4.75. The Kier molecular flexibility index (Phi) is 3.00. The number of hydrogen-bond donors (Lipinski definition) is 1. The van der Waals surface area contributed by atoms with E-state index in [9.17, 15) is 13.9 Å². The quantitative estimate of drug-likeness (QED) is 0.668. The van der Waals surface area contributed by atoms with Gasteiger partial charge in [-0.05, 0) is 11.8 Å². The molecule has 0 rings (SSSR count). The van der Waals surface area contributed by atoms with Gasteiger partial charge >= 0.3 is 0 Å². The molecule has 68 valence electrons. The molecule has 0 aliphatic carbocycles. The molecule has 0 saturated carbocycles. The number of rotatable bonds is 2. The number of alkyl halides is 2. The molecule has 0 spiro atoms. The van der Waals surface area contributed by atoms with Gasteiger partial charge in [-0.1, -0.05) is 27.7 Å². The van der Waals surface area contributed by atoms with Gasteiger partial charge in [0.25, 0.3) is 6.43 Å². The molecule has 0 aliphatic rings. The lowest BCUT2D eigenvalue weighted by Crippen LogP contribution is -2.48. The van der Waals surface area contributed by atoms with Gasteiger partial charge in [0.15, 0.2) is 0 Å².